The molecule has 0 saturated heterocycles. The molecule has 0 aromatic heterocycles. The van der Waals surface area contributed by atoms with Gasteiger partial charge >= 0.3 is 6.03 Å². The SMILES string of the molecule is CCCC(CCO)CNC(=O)Nc1c(C(C)C)cccc1C(C)C. The van der Waals surface area contributed by atoms with Crippen LogP contribution in [0.25, 0.3) is 0 Å². The summed E-state index contributed by atoms with van der Waals surface area (Å²) in [6, 6.07) is 6.06. The Morgan fingerprint density at radius 2 is 1.67 bits per heavy atom. The van der Waals surface area contributed by atoms with Crippen molar-refractivity contribution in [2.24, 2.45) is 5.92 Å². The highest BCUT2D eigenvalue weighted by Crippen LogP contribution is 2.32. The Bertz CT molecular complexity index is 480. The van der Waals surface area contributed by atoms with E-state index < -0.39 is 0 Å². The summed E-state index contributed by atoms with van der Waals surface area (Å²) in [5.41, 5.74) is 3.27. The minimum atomic E-state index is -0.163. The Morgan fingerprint density at radius 3 is 2.12 bits per heavy atom. The average molecular weight is 335 g/mol. The molecule has 0 aliphatic heterocycles. The van der Waals surface area contributed by atoms with E-state index in [2.05, 4.69) is 63.5 Å². The summed E-state index contributed by atoms with van der Waals surface area (Å²) in [6.45, 7) is 11.4. The molecule has 0 heterocycles. The highest BCUT2D eigenvalue weighted by Gasteiger charge is 2.16. The predicted molar refractivity (Wildman–Crippen MR) is 102 cm³/mol. The van der Waals surface area contributed by atoms with Gasteiger partial charge in [-0.1, -0.05) is 59.2 Å². The van der Waals surface area contributed by atoms with Gasteiger partial charge in [0, 0.05) is 18.8 Å². The van der Waals surface area contributed by atoms with Crippen LogP contribution >= 0.6 is 0 Å². The van der Waals surface area contributed by atoms with Crippen molar-refractivity contribution in [1.29, 1.82) is 0 Å². The van der Waals surface area contributed by atoms with Gasteiger partial charge in [-0.2, -0.15) is 0 Å². The highest BCUT2D eigenvalue weighted by atomic mass is 16.3. The maximum atomic E-state index is 12.4. The van der Waals surface area contributed by atoms with Crippen molar-refractivity contribution in [2.45, 2.75) is 65.7 Å². The van der Waals surface area contributed by atoms with Gasteiger partial charge < -0.3 is 15.7 Å². The molecule has 0 aliphatic rings. The molecule has 0 saturated carbocycles. The number of carbonyl (C=O) groups excluding carboxylic acids is 1. The topological polar surface area (TPSA) is 61.4 Å². The number of aliphatic hydroxyl groups excluding tert-OH is 1. The van der Waals surface area contributed by atoms with E-state index >= 15 is 0 Å². The third-order valence-electron chi connectivity index (χ3n) is 4.40. The van der Waals surface area contributed by atoms with E-state index in [0.29, 0.717) is 24.3 Å². The minimum absolute atomic E-state index is 0.163. The smallest absolute Gasteiger partial charge is 0.319 e. The van der Waals surface area contributed by atoms with E-state index in [9.17, 15) is 4.79 Å². The van der Waals surface area contributed by atoms with E-state index in [-0.39, 0.29) is 12.6 Å². The van der Waals surface area contributed by atoms with E-state index in [1.807, 2.05) is 0 Å². The number of benzene rings is 1. The van der Waals surface area contributed by atoms with Gasteiger partial charge in [-0.3, -0.25) is 0 Å². The summed E-state index contributed by atoms with van der Waals surface area (Å²) >= 11 is 0. The number of urea groups is 1. The maximum absolute atomic E-state index is 12.4. The van der Waals surface area contributed by atoms with Crippen molar-refractivity contribution in [1.82, 2.24) is 5.32 Å². The van der Waals surface area contributed by atoms with Gasteiger partial charge in [0.05, 0.1) is 0 Å². The summed E-state index contributed by atoms with van der Waals surface area (Å²) in [5, 5.41) is 15.2. The molecule has 2 amide bonds. The van der Waals surface area contributed by atoms with Gasteiger partial charge in [0.15, 0.2) is 0 Å². The molecular weight excluding hydrogens is 300 g/mol. The van der Waals surface area contributed by atoms with Crippen LogP contribution in [0.15, 0.2) is 18.2 Å². The quantitative estimate of drug-likeness (QED) is 0.604. The molecular formula is C20H34N2O2. The Balaban J connectivity index is 2.82. The summed E-state index contributed by atoms with van der Waals surface area (Å²) < 4.78 is 0. The lowest BCUT2D eigenvalue weighted by molar-refractivity contribution is 0.236. The van der Waals surface area contributed by atoms with Gasteiger partial charge in [0.2, 0.25) is 0 Å². The molecule has 3 N–H and O–H groups in total. The fourth-order valence-corrected chi connectivity index (χ4v) is 3.03. The molecule has 1 unspecified atom stereocenters. The second-order valence-corrected chi connectivity index (χ2v) is 7.12. The van der Waals surface area contributed by atoms with Crippen LogP contribution in [-0.2, 0) is 0 Å². The van der Waals surface area contributed by atoms with Crippen LogP contribution in [-0.4, -0.2) is 24.3 Å². The zero-order chi connectivity index (χ0) is 18.1. The molecule has 1 atom stereocenters. The zero-order valence-electron chi connectivity index (χ0n) is 15.9. The van der Waals surface area contributed by atoms with Gasteiger partial charge in [-0.05, 0) is 41.7 Å². The van der Waals surface area contributed by atoms with Crippen LogP contribution in [0.5, 0.6) is 0 Å². The van der Waals surface area contributed by atoms with Crippen LogP contribution in [0.3, 0.4) is 0 Å². The van der Waals surface area contributed by atoms with Gasteiger partial charge in [-0.25, -0.2) is 4.79 Å². The lowest BCUT2D eigenvalue weighted by Crippen LogP contribution is -2.34. The predicted octanol–water partition coefficient (Wildman–Crippen LogP) is 4.85. The van der Waals surface area contributed by atoms with Crippen LogP contribution in [0.1, 0.15) is 76.8 Å². The number of rotatable bonds is 9. The molecule has 0 bridgehead atoms. The van der Waals surface area contributed by atoms with Crippen LogP contribution < -0.4 is 10.6 Å². The van der Waals surface area contributed by atoms with Gasteiger partial charge in [0.1, 0.15) is 0 Å². The lowest BCUT2D eigenvalue weighted by atomic mass is 9.93. The molecule has 4 nitrogen and oxygen atoms in total. The first-order valence-corrected chi connectivity index (χ1v) is 9.19. The van der Waals surface area contributed by atoms with E-state index in [1.165, 1.54) is 0 Å². The molecule has 0 radical (unpaired) electrons. The van der Waals surface area contributed by atoms with Crippen molar-refractivity contribution in [3.8, 4) is 0 Å². The first-order valence-electron chi connectivity index (χ1n) is 9.19. The van der Waals surface area contributed by atoms with Crippen LogP contribution in [0, 0.1) is 5.92 Å². The molecule has 1 rings (SSSR count). The third-order valence-corrected chi connectivity index (χ3v) is 4.40. The number of hydrogen-bond acceptors (Lipinski definition) is 2. The first-order chi connectivity index (χ1) is 11.4. The van der Waals surface area contributed by atoms with Crippen LogP contribution in [0.4, 0.5) is 10.5 Å². The Hall–Kier alpha value is -1.55. The van der Waals surface area contributed by atoms with Gasteiger partial charge in [0.25, 0.3) is 0 Å². The molecule has 0 aliphatic carbocycles. The van der Waals surface area contributed by atoms with Crippen LogP contribution in [0.2, 0.25) is 0 Å². The van der Waals surface area contributed by atoms with E-state index in [1.54, 1.807) is 0 Å². The second-order valence-electron chi connectivity index (χ2n) is 7.12. The van der Waals surface area contributed by atoms with Crippen molar-refractivity contribution in [2.75, 3.05) is 18.5 Å². The largest absolute Gasteiger partial charge is 0.396 e. The normalized spacial score (nSPS) is 12.5. The second kappa shape index (κ2) is 10.3. The maximum Gasteiger partial charge on any atom is 0.319 e. The summed E-state index contributed by atoms with van der Waals surface area (Å²) in [5.74, 6) is 1.03. The molecule has 0 fully saturated rings. The number of aliphatic hydroxyl groups is 1. The monoisotopic (exact) mass is 334 g/mol. The molecule has 136 valence electrons. The number of amides is 2. The van der Waals surface area contributed by atoms with Gasteiger partial charge in [-0.15, -0.1) is 0 Å². The fraction of sp³-hybridized carbons (Fsp3) is 0.650. The molecule has 1 aromatic carbocycles. The Labute approximate surface area is 147 Å². The number of hydrogen-bond donors (Lipinski definition) is 3. The number of carbonyl (C=O) groups is 1. The zero-order valence-corrected chi connectivity index (χ0v) is 15.9. The van der Waals surface area contributed by atoms with Crippen molar-refractivity contribution in [3.63, 3.8) is 0 Å². The number of anilines is 1. The summed E-state index contributed by atoms with van der Waals surface area (Å²) in [4.78, 5) is 12.4. The average Bonchev–Trinajstić information content (AvgIpc) is 2.52. The number of para-hydroxylation sites is 1. The summed E-state index contributed by atoms with van der Waals surface area (Å²) in [7, 11) is 0. The van der Waals surface area contributed by atoms with Crippen molar-refractivity contribution in [3.05, 3.63) is 29.3 Å². The molecule has 0 spiro atoms. The standard InChI is InChI=1S/C20H34N2O2/c1-6-8-16(11-12-23)13-21-20(24)22-19-17(14(2)3)9-7-10-18(19)15(4)5/h7,9-10,14-16,23H,6,8,11-13H2,1-5H3,(H2,21,22,24). The molecule has 24 heavy (non-hydrogen) atoms. The number of nitrogens with one attached hydrogen (secondary N) is 2. The lowest BCUT2D eigenvalue weighted by Gasteiger charge is -2.21. The van der Waals surface area contributed by atoms with E-state index in [4.69, 9.17) is 5.11 Å². The molecule has 4 heteroatoms. The third kappa shape index (κ3) is 6.16. The van der Waals surface area contributed by atoms with Crippen molar-refractivity contribution >= 4 is 11.7 Å². The Kier molecular flexibility index (Phi) is 8.83. The Morgan fingerprint density at radius 1 is 1.08 bits per heavy atom. The molecule has 1 aromatic rings. The first kappa shape index (κ1) is 20.5. The fourth-order valence-electron chi connectivity index (χ4n) is 3.03. The van der Waals surface area contributed by atoms with Crippen molar-refractivity contribution < 1.29 is 9.90 Å². The minimum Gasteiger partial charge on any atom is -0.396 e. The van der Waals surface area contributed by atoms with E-state index in [0.717, 1.165) is 36.1 Å². The summed E-state index contributed by atoms with van der Waals surface area (Å²) in [6.07, 6.45) is 2.80. The highest BCUT2D eigenvalue weighted by molar-refractivity contribution is 5.91.